The molecule has 0 amide bonds. The summed E-state index contributed by atoms with van der Waals surface area (Å²) in [5, 5.41) is 31.9. The van der Waals surface area contributed by atoms with E-state index < -0.39 is 11.2 Å². The van der Waals surface area contributed by atoms with Crippen LogP contribution in [-0.4, -0.2) is 10.2 Å². The summed E-state index contributed by atoms with van der Waals surface area (Å²) in [7, 11) is 0. The average Bonchev–Trinajstić information content (AvgIpc) is 3.87. The van der Waals surface area contributed by atoms with Crippen molar-refractivity contribution in [2.75, 3.05) is 0 Å². The fraction of sp³-hybridized carbons (Fsp3) is 0.125. The Morgan fingerprint density at radius 2 is 0.654 bits per heavy atom. The maximum atomic E-state index is 12.8. The first-order valence-electron chi connectivity index (χ1n) is 17.6. The first-order valence-corrected chi connectivity index (χ1v) is 19.3. The second-order valence-corrected chi connectivity index (χ2v) is 15.8. The largest absolute Gasteiger partial charge is 0.376 e. The highest BCUT2D eigenvalue weighted by Gasteiger charge is 2.38. The number of aliphatic hydroxyl groups is 2. The molecule has 0 unspecified atom stereocenters. The summed E-state index contributed by atoms with van der Waals surface area (Å²) >= 11 is 3.30. The van der Waals surface area contributed by atoms with Gasteiger partial charge in [0.15, 0.2) is 0 Å². The summed E-state index contributed by atoms with van der Waals surface area (Å²) in [4.78, 5) is 2.08. The molecular formula is C48H40O2S2. The second kappa shape index (κ2) is 13.5. The van der Waals surface area contributed by atoms with Gasteiger partial charge < -0.3 is 10.2 Å². The molecule has 0 saturated carbocycles. The molecule has 8 rings (SSSR count). The third kappa shape index (κ3) is 5.92. The first-order chi connectivity index (χ1) is 25.1. The number of hydrogen-bond donors (Lipinski definition) is 2. The smallest absolute Gasteiger partial charge is 0.141 e. The highest BCUT2D eigenvalue weighted by atomic mass is 32.1. The summed E-state index contributed by atoms with van der Waals surface area (Å²) in [6, 6.07) is 50.1. The molecule has 2 aromatic heterocycles. The highest BCUT2D eigenvalue weighted by molar-refractivity contribution is 7.14. The molecule has 0 aliphatic rings. The number of rotatable bonds is 8. The van der Waals surface area contributed by atoms with E-state index in [9.17, 15) is 10.2 Å². The molecule has 0 aliphatic carbocycles. The van der Waals surface area contributed by atoms with Gasteiger partial charge in [0.25, 0.3) is 0 Å². The lowest BCUT2D eigenvalue weighted by molar-refractivity contribution is 0.126. The minimum Gasteiger partial charge on any atom is -0.376 e. The Morgan fingerprint density at radius 1 is 0.365 bits per heavy atom. The molecule has 6 aromatic carbocycles. The molecule has 0 radical (unpaired) electrons. The van der Waals surface area contributed by atoms with Gasteiger partial charge in [-0.2, -0.15) is 0 Å². The minimum atomic E-state index is -1.32. The maximum Gasteiger partial charge on any atom is 0.141 e. The van der Waals surface area contributed by atoms with Gasteiger partial charge in [0, 0.05) is 20.9 Å². The van der Waals surface area contributed by atoms with E-state index in [0.29, 0.717) is 0 Å². The third-order valence-electron chi connectivity index (χ3n) is 10.4. The van der Waals surface area contributed by atoms with Gasteiger partial charge in [-0.15, -0.1) is 22.7 Å². The van der Waals surface area contributed by atoms with Crippen LogP contribution in [0.4, 0.5) is 0 Å². The van der Waals surface area contributed by atoms with E-state index in [0.717, 1.165) is 87.3 Å². The van der Waals surface area contributed by atoms with Crippen molar-refractivity contribution in [3.05, 3.63) is 212 Å². The van der Waals surface area contributed by atoms with Crippen LogP contribution in [0.3, 0.4) is 0 Å². The number of fused-ring (bicyclic) bond motifs is 1. The van der Waals surface area contributed by atoms with Gasteiger partial charge in [-0.1, -0.05) is 144 Å². The molecule has 256 valence electrons. The van der Waals surface area contributed by atoms with E-state index >= 15 is 0 Å². The Hall–Kier alpha value is -5.10. The van der Waals surface area contributed by atoms with Crippen molar-refractivity contribution in [3.8, 4) is 20.9 Å². The second-order valence-electron chi connectivity index (χ2n) is 14.0. The zero-order chi connectivity index (χ0) is 36.0. The third-order valence-corrected chi connectivity index (χ3v) is 12.3. The molecule has 0 saturated heterocycles. The molecule has 2 N–H and O–H groups in total. The maximum absolute atomic E-state index is 12.8. The van der Waals surface area contributed by atoms with E-state index in [1.54, 1.807) is 22.7 Å². The van der Waals surface area contributed by atoms with Gasteiger partial charge in [-0.25, -0.2) is 0 Å². The van der Waals surface area contributed by atoms with E-state index in [1.165, 1.54) is 0 Å². The van der Waals surface area contributed by atoms with Crippen molar-refractivity contribution < 1.29 is 10.2 Å². The van der Waals surface area contributed by atoms with Gasteiger partial charge in [0.2, 0.25) is 0 Å². The molecule has 8 aromatic rings. The molecule has 2 heterocycles. The van der Waals surface area contributed by atoms with Crippen LogP contribution in [0.1, 0.15) is 55.6 Å². The predicted molar refractivity (Wildman–Crippen MR) is 219 cm³/mol. The lowest BCUT2D eigenvalue weighted by atomic mass is 9.79. The summed E-state index contributed by atoms with van der Waals surface area (Å²) in [6.07, 6.45) is 0. The van der Waals surface area contributed by atoms with Crippen molar-refractivity contribution >= 4 is 33.4 Å². The minimum absolute atomic E-state index is 0.843. The van der Waals surface area contributed by atoms with Crippen LogP contribution in [-0.2, 0) is 11.2 Å². The van der Waals surface area contributed by atoms with Gasteiger partial charge in [0.05, 0.1) is 0 Å². The quantitative estimate of drug-likeness (QED) is 0.165. The molecular weight excluding hydrogens is 673 g/mol. The summed E-state index contributed by atoms with van der Waals surface area (Å²) in [5.74, 6) is 0. The van der Waals surface area contributed by atoms with Crippen LogP contribution in [0.25, 0.3) is 31.7 Å². The highest BCUT2D eigenvalue weighted by Crippen LogP contribution is 2.47. The first kappa shape index (κ1) is 34.0. The Kier molecular flexibility index (Phi) is 8.81. The zero-order valence-corrected chi connectivity index (χ0v) is 31.4. The number of hydrogen-bond acceptors (Lipinski definition) is 4. The van der Waals surface area contributed by atoms with Crippen LogP contribution in [0.15, 0.2) is 156 Å². The van der Waals surface area contributed by atoms with E-state index in [2.05, 4.69) is 136 Å². The number of benzene rings is 6. The molecule has 0 spiro atoms. The van der Waals surface area contributed by atoms with Crippen molar-refractivity contribution in [2.24, 2.45) is 0 Å². The van der Waals surface area contributed by atoms with Crippen molar-refractivity contribution in [1.29, 1.82) is 0 Å². The van der Waals surface area contributed by atoms with E-state index in [-0.39, 0.29) is 0 Å². The van der Waals surface area contributed by atoms with E-state index in [4.69, 9.17) is 0 Å². The average molecular weight is 713 g/mol. The molecule has 0 aliphatic heterocycles. The summed E-state index contributed by atoms with van der Waals surface area (Å²) in [6.45, 7) is 8.27. The van der Waals surface area contributed by atoms with E-state index in [1.807, 2.05) is 48.5 Å². The lowest BCUT2D eigenvalue weighted by Crippen LogP contribution is -2.29. The predicted octanol–water partition coefficient (Wildman–Crippen LogP) is 12.1. The molecule has 2 nitrogen and oxygen atoms in total. The topological polar surface area (TPSA) is 40.5 Å². The summed E-state index contributed by atoms with van der Waals surface area (Å²) in [5.41, 5.74) is 9.20. The van der Waals surface area contributed by atoms with Crippen molar-refractivity contribution in [3.63, 3.8) is 0 Å². The standard InChI is InChI=1S/C48H40O2S2/c1-31-5-17-39(18-6-31)47(49,40-19-7-32(2)8-20-40)43-25-27-51-45(43)37-15-13-36-30-38(16-14-35(36)29-37)46-44(26-28-52-46)48(50,41-21-9-33(3)10-22-41)42-23-11-34(4)12-24-42/h5-30,49-50H,1-4H3. The molecule has 4 heteroatoms. The fourth-order valence-electron chi connectivity index (χ4n) is 7.30. The number of aryl methyl sites for hydroxylation is 4. The molecule has 0 fully saturated rings. The summed E-state index contributed by atoms with van der Waals surface area (Å²) < 4.78 is 0. The Morgan fingerprint density at radius 3 is 0.942 bits per heavy atom. The van der Waals surface area contributed by atoms with Gasteiger partial charge >= 0.3 is 0 Å². The molecule has 0 atom stereocenters. The van der Waals surface area contributed by atoms with Crippen LogP contribution >= 0.6 is 22.7 Å². The normalized spacial score (nSPS) is 12.0. The van der Waals surface area contributed by atoms with Crippen LogP contribution in [0, 0.1) is 27.7 Å². The Balaban J connectivity index is 1.21. The Bertz CT molecular complexity index is 2230. The van der Waals surface area contributed by atoms with Crippen LogP contribution in [0.2, 0.25) is 0 Å². The SMILES string of the molecule is Cc1ccc(C(O)(c2ccc(C)cc2)c2ccsc2-c2ccc3cc(-c4sccc4C(O)(c4ccc(C)cc4)c4ccc(C)cc4)ccc3c2)cc1. The van der Waals surface area contributed by atoms with Gasteiger partial charge in [0.1, 0.15) is 11.2 Å². The zero-order valence-electron chi connectivity index (χ0n) is 29.7. The molecule has 52 heavy (non-hydrogen) atoms. The van der Waals surface area contributed by atoms with Crippen LogP contribution < -0.4 is 0 Å². The van der Waals surface area contributed by atoms with Crippen LogP contribution in [0.5, 0.6) is 0 Å². The van der Waals surface area contributed by atoms with Gasteiger partial charge in [-0.05, 0) is 107 Å². The fourth-order valence-corrected chi connectivity index (χ4v) is 9.19. The van der Waals surface area contributed by atoms with Gasteiger partial charge in [-0.3, -0.25) is 0 Å². The molecule has 0 bridgehead atoms. The lowest BCUT2D eigenvalue weighted by Gasteiger charge is -2.31. The van der Waals surface area contributed by atoms with Crippen molar-refractivity contribution in [2.45, 2.75) is 38.9 Å². The number of thiophene rings is 2. The van der Waals surface area contributed by atoms with Crippen molar-refractivity contribution in [1.82, 2.24) is 0 Å². The monoisotopic (exact) mass is 712 g/mol. The Labute approximate surface area is 314 Å².